The molecule has 0 aliphatic carbocycles. The summed E-state index contributed by atoms with van der Waals surface area (Å²) < 4.78 is 2.02. The number of thioether (sulfide) groups is 1. The van der Waals surface area contributed by atoms with Crippen molar-refractivity contribution in [2.24, 2.45) is 0 Å². The monoisotopic (exact) mass is 378 g/mol. The molecule has 124 valence electrons. The number of hydrogen-bond acceptors (Lipinski definition) is 3. The summed E-state index contributed by atoms with van der Waals surface area (Å²) in [4.78, 5) is 5.14. The maximum atomic E-state index is 9.58. The summed E-state index contributed by atoms with van der Waals surface area (Å²) in [6, 6.07) is 13.4. The van der Waals surface area contributed by atoms with Crippen molar-refractivity contribution in [3.63, 3.8) is 0 Å². The van der Waals surface area contributed by atoms with Crippen LogP contribution in [0.4, 0.5) is 0 Å². The van der Waals surface area contributed by atoms with Crippen LogP contribution < -0.4 is 0 Å². The van der Waals surface area contributed by atoms with Gasteiger partial charge in [0.1, 0.15) is 0 Å². The molecule has 1 atom stereocenters. The molecule has 0 aliphatic heterocycles. The van der Waals surface area contributed by atoms with Gasteiger partial charge in [0.15, 0.2) is 0 Å². The maximum Gasteiger partial charge on any atom is 0.0946 e. The van der Waals surface area contributed by atoms with E-state index in [-0.39, 0.29) is 11.9 Å². The smallest absolute Gasteiger partial charge is 0.0946 e. The van der Waals surface area contributed by atoms with E-state index in [1.165, 1.54) is 0 Å². The maximum absolute atomic E-state index is 9.58. The highest BCUT2D eigenvalue weighted by Gasteiger charge is 2.18. The van der Waals surface area contributed by atoms with Crippen molar-refractivity contribution < 1.29 is 5.11 Å². The summed E-state index contributed by atoms with van der Waals surface area (Å²) in [6.45, 7) is 0.723. The Morgan fingerprint density at radius 3 is 2.71 bits per heavy atom. The molecular formula is C18H16Cl2N2OS. The summed E-state index contributed by atoms with van der Waals surface area (Å²) in [5.41, 5.74) is 1.91. The third-order valence-corrected chi connectivity index (χ3v) is 5.56. The minimum Gasteiger partial charge on any atom is -0.392 e. The molecule has 0 saturated heterocycles. The average molecular weight is 379 g/mol. The largest absolute Gasteiger partial charge is 0.392 e. The molecule has 0 fully saturated rings. The quantitative estimate of drug-likeness (QED) is 0.597. The number of hydrogen-bond donors (Lipinski definition) is 1. The Hall–Kier alpha value is -1.46. The SMILES string of the molecule is OCc1ccccc1SC(Cn1ccnc1)c1ccc(Cl)cc1Cl. The van der Waals surface area contributed by atoms with Crippen molar-refractivity contribution in [2.45, 2.75) is 23.3 Å². The topological polar surface area (TPSA) is 38.0 Å². The van der Waals surface area contributed by atoms with Crippen molar-refractivity contribution >= 4 is 35.0 Å². The highest BCUT2D eigenvalue weighted by molar-refractivity contribution is 7.99. The van der Waals surface area contributed by atoms with Crippen LogP contribution in [0.25, 0.3) is 0 Å². The molecule has 3 aromatic rings. The molecule has 3 rings (SSSR count). The van der Waals surface area contributed by atoms with Crippen LogP contribution in [0.15, 0.2) is 66.1 Å². The highest BCUT2D eigenvalue weighted by atomic mass is 35.5. The lowest BCUT2D eigenvalue weighted by atomic mass is 10.1. The van der Waals surface area contributed by atoms with Crippen LogP contribution in [0.1, 0.15) is 16.4 Å². The molecule has 24 heavy (non-hydrogen) atoms. The molecule has 3 nitrogen and oxygen atoms in total. The van der Waals surface area contributed by atoms with E-state index in [4.69, 9.17) is 23.2 Å². The number of benzene rings is 2. The van der Waals surface area contributed by atoms with Gasteiger partial charge in [0.25, 0.3) is 0 Å². The number of aliphatic hydroxyl groups excluding tert-OH is 1. The normalized spacial score (nSPS) is 12.3. The van der Waals surface area contributed by atoms with Gasteiger partial charge in [-0.25, -0.2) is 4.98 Å². The lowest BCUT2D eigenvalue weighted by molar-refractivity contribution is 0.279. The summed E-state index contributed by atoms with van der Waals surface area (Å²) in [5, 5.41) is 10.9. The predicted octanol–water partition coefficient (Wildman–Crippen LogP) is 5.22. The Balaban J connectivity index is 1.95. The van der Waals surface area contributed by atoms with Crippen LogP contribution in [0, 0.1) is 0 Å². The zero-order valence-electron chi connectivity index (χ0n) is 12.8. The molecule has 6 heteroatoms. The van der Waals surface area contributed by atoms with E-state index in [0.29, 0.717) is 16.6 Å². The Morgan fingerprint density at radius 2 is 2.00 bits per heavy atom. The Kier molecular flexibility index (Phi) is 5.85. The van der Waals surface area contributed by atoms with Gasteiger partial charge >= 0.3 is 0 Å². The van der Waals surface area contributed by atoms with E-state index in [1.807, 2.05) is 47.2 Å². The first-order valence-electron chi connectivity index (χ1n) is 7.43. The minimum absolute atomic E-state index is 0.00924. The fraction of sp³-hybridized carbons (Fsp3) is 0.167. The fourth-order valence-electron chi connectivity index (χ4n) is 2.45. The summed E-state index contributed by atoms with van der Waals surface area (Å²) in [5.74, 6) is 0. The fourth-order valence-corrected chi connectivity index (χ4v) is 4.38. The second kappa shape index (κ2) is 8.08. The van der Waals surface area contributed by atoms with E-state index in [1.54, 1.807) is 30.4 Å². The van der Waals surface area contributed by atoms with Gasteiger partial charge < -0.3 is 9.67 Å². The molecule has 0 aliphatic rings. The van der Waals surface area contributed by atoms with Gasteiger partial charge in [-0.15, -0.1) is 11.8 Å². The van der Waals surface area contributed by atoms with Crippen molar-refractivity contribution in [2.75, 3.05) is 0 Å². The van der Waals surface area contributed by atoms with Gasteiger partial charge in [0.2, 0.25) is 0 Å². The minimum atomic E-state index is 0.00924. The van der Waals surface area contributed by atoms with Gasteiger partial charge in [-0.05, 0) is 29.3 Å². The van der Waals surface area contributed by atoms with Gasteiger partial charge in [0, 0.05) is 33.9 Å². The number of nitrogens with zero attached hydrogens (tertiary/aromatic N) is 2. The molecule has 1 heterocycles. The Morgan fingerprint density at radius 1 is 1.17 bits per heavy atom. The lowest BCUT2D eigenvalue weighted by Gasteiger charge is -2.20. The molecular weight excluding hydrogens is 363 g/mol. The average Bonchev–Trinajstić information content (AvgIpc) is 3.08. The summed E-state index contributed by atoms with van der Waals surface area (Å²) in [7, 11) is 0. The molecule has 2 aromatic carbocycles. The second-order valence-electron chi connectivity index (χ2n) is 5.30. The van der Waals surface area contributed by atoms with Crippen LogP contribution in [0.2, 0.25) is 10.0 Å². The van der Waals surface area contributed by atoms with E-state index in [0.717, 1.165) is 16.0 Å². The predicted molar refractivity (Wildman–Crippen MR) is 99.7 cm³/mol. The Labute approximate surface area is 155 Å². The molecule has 0 amide bonds. The number of aromatic nitrogens is 2. The van der Waals surface area contributed by atoms with Crippen LogP contribution in [-0.4, -0.2) is 14.7 Å². The third-order valence-electron chi connectivity index (χ3n) is 3.66. The van der Waals surface area contributed by atoms with Crippen molar-refractivity contribution in [1.29, 1.82) is 0 Å². The molecule has 1 aromatic heterocycles. The van der Waals surface area contributed by atoms with Gasteiger partial charge in [0.05, 0.1) is 18.2 Å². The van der Waals surface area contributed by atoms with E-state index < -0.39 is 0 Å². The van der Waals surface area contributed by atoms with Crippen molar-refractivity contribution in [3.05, 3.63) is 82.4 Å². The molecule has 1 N–H and O–H groups in total. The number of imidazole rings is 1. The third kappa shape index (κ3) is 4.14. The molecule has 0 bridgehead atoms. The van der Waals surface area contributed by atoms with Gasteiger partial charge in [-0.3, -0.25) is 0 Å². The lowest BCUT2D eigenvalue weighted by Crippen LogP contribution is -2.06. The summed E-state index contributed by atoms with van der Waals surface area (Å²) >= 11 is 14.1. The van der Waals surface area contributed by atoms with Crippen LogP contribution in [0.5, 0.6) is 0 Å². The number of rotatable bonds is 6. The first-order chi connectivity index (χ1) is 11.7. The van der Waals surface area contributed by atoms with Gasteiger partial charge in [-0.1, -0.05) is 47.5 Å². The zero-order chi connectivity index (χ0) is 16.9. The van der Waals surface area contributed by atoms with Gasteiger partial charge in [-0.2, -0.15) is 0 Å². The van der Waals surface area contributed by atoms with Crippen LogP contribution >= 0.6 is 35.0 Å². The highest BCUT2D eigenvalue weighted by Crippen LogP contribution is 2.41. The number of aliphatic hydroxyl groups is 1. The standard InChI is InChI=1S/C18H16Cl2N2OS/c19-14-5-6-15(16(20)9-14)18(10-22-8-7-21-12-22)24-17-4-2-1-3-13(17)11-23/h1-9,12,18,23H,10-11H2. The molecule has 0 radical (unpaired) electrons. The Bertz CT molecular complexity index is 809. The molecule has 1 unspecified atom stereocenters. The van der Waals surface area contributed by atoms with E-state index in [9.17, 15) is 5.11 Å². The van der Waals surface area contributed by atoms with Crippen LogP contribution in [-0.2, 0) is 13.2 Å². The first-order valence-corrected chi connectivity index (χ1v) is 9.07. The van der Waals surface area contributed by atoms with Crippen molar-refractivity contribution in [1.82, 2.24) is 9.55 Å². The first kappa shape index (κ1) is 17.4. The van der Waals surface area contributed by atoms with Crippen molar-refractivity contribution in [3.8, 4) is 0 Å². The number of halogens is 2. The molecule has 0 spiro atoms. The summed E-state index contributed by atoms with van der Waals surface area (Å²) in [6.07, 6.45) is 5.47. The van der Waals surface area contributed by atoms with E-state index in [2.05, 4.69) is 4.98 Å². The second-order valence-corrected chi connectivity index (χ2v) is 7.39. The molecule has 0 saturated carbocycles. The zero-order valence-corrected chi connectivity index (χ0v) is 15.1. The van der Waals surface area contributed by atoms with Crippen LogP contribution in [0.3, 0.4) is 0 Å². The van der Waals surface area contributed by atoms with E-state index >= 15 is 0 Å².